The van der Waals surface area contributed by atoms with Crippen molar-refractivity contribution < 1.29 is 38.8 Å². The maximum absolute atomic E-state index is 11.9. The average Bonchev–Trinajstić information content (AvgIpc) is 2.65. The van der Waals surface area contributed by atoms with Crippen LogP contribution in [0.1, 0.15) is 40.0 Å². The molecule has 0 saturated carbocycles. The van der Waals surface area contributed by atoms with E-state index in [-0.39, 0.29) is 24.8 Å². The van der Waals surface area contributed by atoms with Crippen LogP contribution in [-0.4, -0.2) is 72.7 Å². The molecule has 0 heterocycles. The molecule has 0 amide bonds. The number of aliphatic hydroxyl groups is 2. The minimum atomic E-state index is -1.51. The van der Waals surface area contributed by atoms with Gasteiger partial charge in [0.25, 0.3) is 0 Å². The molecule has 3 N–H and O–H groups in total. The summed E-state index contributed by atoms with van der Waals surface area (Å²) in [5.41, 5.74) is 0.0600. The molecule has 0 bridgehead atoms. The van der Waals surface area contributed by atoms with Crippen molar-refractivity contribution in [2.45, 2.75) is 64.4 Å². The Hall–Kier alpha value is -1.97. The number of carbonyl (C=O) groups excluding carboxylic acids is 3. The number of hydrogen-bond acceptors (Lipinski definition) is 9. The van der Waals surface area contributed by atoms with Gasteiger partial charge in [0.1, 0.15) is 12.7 Å². The van der Waals surface area contributed by atoms with Crippen LogP contribution in [0.15, 0.2) is 12.2 Å². The zero-order chi connectivity index (χ0) is 21.0. The second kappa shape index (κ2) is 13.2. The molecule has 0 aliphatic carbocycles. The predicted octanol–water partition coefficient (Wildman–Crippen LogP) is 0.0806. The van der Waals surface area contributed by atoms with Crippen LogP contribution in [0.25, 0.3) is 0 Å². The zero-order valence-electron chi connectivity index (χ0n) is 16.4. The lowest BCUT2D eigenvalue weighted by Crippen LogP contribution is -2.51. The molecule has 0 spiro atoms. The van der Waals surface area contributed by atoms with E-state index in [2.05, 4.69) is 11.9 Å². The van der Waals surface area contributed by atoms with Gasteiger partial charge in [-0.3, -0.25) is 9.59 Å². The smallest absolute Gasteiger partial charge is 0.333 e. The fourth-order valence-corrected chi connectivity index (χ4v) is 1.99. The molecule has 0 aromatic carbocycles. The van der Waals surface area contributed by atoms with E-state index in [9.17, 15) is 24.6 Å². The first-order valence-electron chi connectivity index (χ1n) is 8.90. The molecule has 156 valence electrons. The Kier molecular flexibility index (Phi) is 12.3. The van der Waals surface area contributed by atoms with E-state index in [1.54, 1.807) is 20.9 Å². The second-order valence-electron chi connectivity index (χ2n) is 6.04. The summed E-state index contributed by atoms with van der Waals surface area (Å²) >= 11 is 0. The Morgan fingerprint density at radius 3 is 2.11 bits per heavy atom. The minimum Gasteiger partial charge on any atom is -0.463 e. The predicted molar refractivity (Wildman–Crippen MR) is 96.7 cm³/mol. The van der Waals surface area contributed by atoms with Crippen LogP contribution in [0.4, 0.5) is 0 Å². The first-order valence-corrected chi connectivity index (χ1v) is 8.90. The van der Waals surface area contributed by atoms with E-state index in [1.807, 2.05) is 0 Å². The topological polar surface area (TPSA) is 131 Å². The summed E-state index contributed by atoms with van der Waals surface area (Å²) in [4.78, 5) is 35.3. The molecule has 0 aliphatic heterocycles. The summed E-state index contributed by atoms with van der Waals surface area (Å²) in [6.45, 7) is 7.97. The molecule has 9 nitrogen and oxygen atoms in total. The van der Waals surface area contributed by atoms with E-state index in [0.717, 1.165) is 0 Å². The number of hydrogen-bond donors (Lipinski definition) is 3. The molecular formula is C18H31NO8. The van der Waals surface area contributed by atoms with Gasteiger partial charge in [-0.1, -0.05) is 20.4 Å². The SMILES string of the molecule is C=C(C)C(=O)OC(C(O)COC(=O)CCNC)C(OC(=O)CC)C(O)CC. The lowest BCUT2D eigenvalue weighted by Gasteiger charge is -2.32. The average molecular weight is 389 g/mol. The lowest BCUT2D eigenvalue weighted by atomic mass is 10.0. The van der Waals surface area contributed by atoms with Crippen molar-refractivity contribution in [1.82, 2.24) is 5.32 Å². The quantitative estimate of drug-likeness (QED) is 0.228. The van der Waals surface area contributed by atoms with Gasteiger partial charge in [-0.15, -0.1) is 0 Å². The Morgan fingerprint density at radius 2 is 1.63 bits per heavy atom. The van der Waals surface area contributed by atoms with Gasteiger partial charge < -0.3 is 29.7 Å². The van der Waals surface area contributed by atoms with Gasteiger partial charge in [-0.05, 0) is 20.4 Å². The molecule has 0 rings (SSSR count). The Bertz CT molecular complexity index is 508. The summed E-state index contributed by atoms with van der Waals surface area (Å²) in [7, 11) is 1.67. The molecule has 0 fully saturated rings. The molecule has 0 aromatic rings. The van der Waals surface area contributed by atoms with E-state index in [4.69, 9.17) is 14.2 Å². The van der Waals surface area contributed by atoms with Crippen LogP contribution in [-0.2, 0) is 28.6 Å². The highest BCUT2D eigenvalue weighted by molar-refractivity contribution is 5.87. The third-order valence-electron chi connectivity index (χ3n) is 3.64. The normalized spacial score (nSPS) is 15.2. The molecule has 9 heteroatoms. The summed E-state index contributed by atoms with van der Waals surface area (Å²) < 4.78 is 15.3. The fourth-order valence-electron chi connectivity index (χ4n) is 1.99. The Labute approximate surface area is 159 Å². The van der Waals surface area contributed by atoms with Crippen LogP contribution in [0.3, 0.4) is 0 Å². The third-order valence-corrected chi connectivity index (χ3v) is 3.64. The van der Waals surface area contributed by atoms with Gasteiger partial charge in [0.15, 0.2) is 12.2 Å². The minimum absolute atomic E-state index is 0.0309. The summed E-state index contributed by atoms with van der Waals surface area (Å²) in [6.07, 6.45) is -5.17. The summed E-state index contributed by atoms with van der Waals surface area (Å²) in [6, 6.07) is 0. The maximum Gasteiger partial charge on any atom is 0.333 e. The highest BCUT2D eigenvalue weighted by Crippen LogP contribution is 2.18. The highest BCUT2D eigenvalue weighted by Gasteiger charge is 2.39. The summed E-state index contributed by atoms with van der Waals surface area (Å²) in [5.74, 6) is -2.03. The number of esters is 3. The van der Waals surface area contributed by atoms with Crippen molar-refractivity contribution >= 4 is 17.9 Å². The largest absolute Gasteiger partial charge is 0.463 e. The van der Waals surface area contributed by atoms with Gasteiger partial charge in [0.05, 0.1) is 12.5 Å². The third kappa shape index (κ3) is 9.50. The van der Waals surface area contributed by atoms with Gasteiger partial charge in [0, 0.05) is 18.5 Å². The second-order valence-corrected chi connectivity index (χ2v) is 6.04. The van der Waals surface area contributed by atoms with Gasteiger partial charge in [-0.2, -0.15) is 0 Å². The molecule has 27 heavy (non-hydrogen) atoms. The Morgan fingerprint density at radius 1 is 1.04 bits per heavy atom. The van der Waals surface area contributed by atoms with Crippen molar-refractivity contribution in [3.05, 3.63) is 12.2 Å². The molecule has 4 atom stereocenters. The summed E-state index contributed by atoms with van der Waals surface area (Å²) in [5, 5.41) is 23.4. The maximum atomic E-state index is 11.9. The standard InChI is InChI=1S/C18H31NO8/c1-6-12(20)16(26-14(22)7-2)17(27-18(24)11(3)4)13(21)10-25-15(23)8-9-19-5/h12-13,16-17,19-21H,3,6-10H2,1-2,4-5H3. The van der Waals surface area contributed by atoms with Crippen LogP contribution in [0.5, 0.6) is 0 Å². The van der Waals surface area contributed by atoms with Crippen molar-refractivity contribution in [2.75, 3.05) is 20.2 Å². The van der Waals surface area contributed by atoms with E-state index in [0.29, 0.717) is 6.54 Å². The first kappa shape index (κ1) is 25.0. The van der Waals surface area contributed by atoms with Crippen LogP contribution in [0, 0.1) is 0 Å². The van der Waals surface area contributed by atoms with Gasteiger partial charge >= 0.3 is 17.9 Å². The molecular weight excluding hydrogens is 358 g/mol. The van der Waals surface area contributed by atoms with Gasteiger partial charge in [0.2, 0.25) is 0 Å². The Balaban J connectivity index is 5.35. The fraction of sp³-hybridized carbons (Fsp3) is 0.722. The van der Waals surface area contributed by atoms with Crippen molar-refractivity contribution in [1.29, 1.82) is 0 Å². The molecule has 0 radical (unpaired) electrons. The molecule has 0 aromatic heterocycles. The first-order chi connectivity index (χ1) is 12.7. The highest BCUT2D eigenvalue weighted by atomic mass is 16.6. The number of rotatable bonds is 13. The number of aliphatic hydroxyl groups excluding tert-OH is 2. The van der Waals surface area contributed by atoms with Crippen molar-refractivity contribution in [3.8, 4) is 0 Å². The van der Waals surface area contributed by atoms with E-state index >= 15 is 0 Å². The van der Waals surface area contributed by atoms with Crippen LogP contribution in [0.2, 0.25) is 0 Å². The number of nitrogens with one attached hydrogen (secondary N) is 1. The van der Waals surface area contributed by atoms with E-state index in [1.165, 1.54) is 6.92 Å². The molecule has 0 aliphatic rings. The number of ether oxygens (including phenoxy) is 3. The van der Waals surface area contributed by atoms with Gasteiger partial charge in [-0.25, -0.2) is 4.79 Å². The lowest BCUT2D eigenvalue weighted by molar-refractivity contribution is -0.190. The monoisotopic (exact) mass is 389 g/mol. The van der Waals surface area contributed by atoms with Crippen molar-refractivity contribution in [3.63, 3.8) is 0 Å². The molecule has 0 saturated heterocycles. The van der Waals surface area contributed by atoms with E-state index < -0.39 is 48.9 Å². The van der Waals surface area contributed by atoms with Crippen LogP contribution >= 0.6 is 0 Å². The van der Waals surface area contributed by atoms with Crippen LogP contribution < -0.4 is 5.32 Å². The number of carbonyl (C=O) groups is 3. The molecule has 4 unspecified atom stereocenters. The zero-order valence-corrected chi connectivity index (χ0v) is 16.4. The van der Waals surface area contributed by atoms with Crippen molar-refractivity contribution in [2.24, 2.45) is 0 Å².